The molecule has 0 bridgehead atoms. The second-order valence-electron chi connectivity index (χ2n) is 5.72. The van der Waals surface area contributed by atoms with Gasteiger partial charge in [0.2, 0.25) is 11.8 Å². The zero-order valence-electron chi connectivity index (χ0n) is 13.6. The summed E-state index contributed by atoms with van der Waals surface area (Å²) in [6.45, 7) is 1.93. The molecule has 5 nitrogen and oxygen atoms in total. The van der Waals surface area contributed by atoms with E-state index in [1.165, 1.54) is 0 Å². The van der Waals surface area contributed by atoms with Crippen LogP contribution in [0.5, 0.6) is 0 Å². The Balaban J connectivity index is 2.17. The summed E-state index contributed by atoms with van der Waals surface area (Å²) in [4.78, 5) is 24.0. The van der Waals surface area contributed by atoms with Gasteiger partial charge in [-0.1, -0.05) is 41.4 Å². The quantitative estimate of drug-likeness (QED) is 0.515. The Hall–Kier alpha value is -2.08. The molecule has 0 saturated carbocycles. The number of nitrogens with one attached hydrogen (secondary N) is 2. The first-order valence-corrected chi connectivity index (χ1v) is 8.39. The zero-order chi connectivity index (χ0) is 18.4. The molecule has 0 aliphatic heterocycles. The minimum Gasteiger partial charge on any atom is -0.326 e. The van der Waals surface area contributed by atoms with Crippen LogP contribution in [-0.2, 0) is 9.59 Å². The summed E-state index contributed by atoms with van der Waals surface area (Å²) in [6, 6.07) is 12.3. The molecule has 2 aromatic carbocycles. The molecule has 7 heteroatoms. The van der Waals surface area contributed by atoms with E-state index < -0.39 is 11.8 Å². The Labute approximate surface area is 155 Å². The van der Waals surface area contributed by atoms with Gasteiger partial charge in [0.15, 0.2) is 0 Å². The summed E-state index contributed by atoms with van der Waals surface area (Å²) in [7, 11) is 0. The molecule has 0 fully saturated rings. The number of anilines is 1. The lowest BCUT2D eigenvalue weighted by molar-refractivity contribution is -0.129. The molecular formula is C18H18Cl2N2O3. The average molecular weight is 381 g/mol. The summed E-state index contributed by atoms with van der Waals surface area (Å²) in [5.41, 5.74) is 3.91. The van der Waals surface area contributed by atoms with E-state index in [1.807, 2.05) is 25.1 Å². The van der Waals surface area contributed by atoms with Gasteiger partial charge in [-0.3, -0.25) is 14.8 Å². The molecule has 0 spiro atoms. The van der Waals surface area contributed by atoms with Crippen molar-refractivity contribution >= 4 is 40.7 Å². The highest BCUT2D eigenvalue weighted by Crippen LogP contribution is 2.32. The van der Waals surface area contributed by atoms with Crippen LogP contribution < -0.4 is 10.8 Å². The Kier molecular flexibility index (Phi) is 6.82. The number of benzene rings is 2. The van der Waals surface area contributed by atoms with Crippen LogP contribution in [0, 0.1) is 6.92 Å². The predicted octanol–water partition coefficient (Wildman–Crippen LogP) is 4.31. The molecule has 1 atom stereocenters. The van der Waals surface area contributed by atoms with Gasteiger partial charge < -0.3 is 5.32 Å². The zero-order valence-corrected chi connectivity index (χ0v) is 15.1. The minimum atomic E-state index is -0.598. The van der Waals surface area contributed by atoms with Crippen molar-refractivity contribution in [2.45, 2.75) is 25.7 Å². The molecule has 0 aromatic heterocycles. The van der Waals surface area contributed by atoms with Crippen LogP contribution in [0.4, 0.5) is 5.69 Å². The fourth-order valence-electron chi connectivity index (χ4n) is 2.55. The second-order valence-corrected chi connectivity index (χ2v) is 6.57. The minimum absolute atomic E-state index is 0.0305. The van der Waals surface area contributed by atoms with Gasteiger partial charge in [0.1, 0.15) is 0 Å². The van der Waals surface area contributed by atoms with Crippen LogP contribution in [0.15, 0.2) is 42.5 Å². The normalized spacial score (nSPS) is 11.7. The largest absolute Gasteiger partial charge is 0.326 e. The van der Waals surface area contributed by atoms with Crippen LogP contribution in [0.3, 0.4) is 0 Å². The fourth-order valence-corrected chi connectivity index (χ4v) is 3.12. The summed E-state index contributed by atoms with van der Waals surface area (Å²) in [5.74, 6) is -1.35. The monoisotopic (exact) mass is 380 g/mol. The first-order chi connectivity index (χ1) is 11.9. The molecule has 0 saturated heterocycles. The molecule has 1 unspecified atom stereocenters. The highest BCUT2D eigenvalue weighted by Gasteiger charge is 2.22. The van der Waals surface area contributed by atoms with Crippen molar-refractivity contribution in [3.05, 3.63) is 63.6 Å². The van der Waals surface area contributed by atoms with E-state index >= 15 is 0 Å². The van der Waals surface area contributed by atoms with Gasteiger partial charge in [0, 0.05) is 34.5 Å². The first-order valence-electron chi connectivity index (χ1n) is 7.63. The molecule has 25 heavy (non-hydrogen) atoms. The van der Waals surface area contributed by atoms with Crippen molar-refractivity contribution in [2.75, 3.05) is 5.32 Å². The van der Waals surface area contributed by atoms with Crippen molar-refractivity contribution < 1.29 is 14.8 Å². The molecule has 0 radical (unpaired) electrons. The highest BCUT2D eigenvalue weighted by molar-refractivity contribution is 6.35. The standard InChI is InChI=1S/C18H18Cl2N2O3/c1-11-3-2-4-14(7-11)21-17(23)8-12(9-18(24)22-25)15-6-5-13(19)10-16(15)20/h2-7,10,12,25H,8-9H2,1H3,(H,21,23)(H,22,24). The molecule has 3 N–H and O–H groups in total. The molecule has 2 aromatic rings. The van der Waals surface area contributed by atoms with Gasteiger partial charge in [0.25, 0.3) is 0 Å². The maximum atomic E-state index is 12.4. The molecular weight excluding hydrogens is 363 g/mol. The first kappa shape index (κ1) is 19.2. The van der Waals surface area contributed by atoms with Crippen molar-refractivity contribution in [1.82, 2.24) is 5.48 Å². The van der Waals surface area contributed by atoms with Gasteiger partial charge >= 0.3 is 0 Å². The maximum absolute atomic E-state index is 12.4. The van der Waals surface area contributed by atoms with Gasteiger partial charge in [-0.25, -0.2) is 5.48 Å². The molecule has 2 amide bonds. The van der Waals surface area contributed by atoms with E-state index in [-0.39, 0.29) is 18.7 Å². The van der Waals surface area contributed by atoms with Gasteiger partial charge in [-0.2, -0.15) is 0 Å². The summed E-state index contributed by atoms with van der Waals surface area (Å²) >= 11 is 12.1. The van der Waals surface area contributed by atoms with Crippen LogP contribution in [0.25, 0.3) is 0 Å². The number of hydrogen-bond donors (Lipinski definition) is 3. The van der Waals surface area contributed by atoms with Crippen LogP contribution in [-0.4, -0.2) is 17.0 Å². The number of aryl methyl sites for hydroxylation is 1. The molecule has 0 aliphatic carbocycles. The summed E-state index contributed by atoms with van der Waals surface area (Å²) in [5, 5.41) is 12.4. The third-order valence-electron chi connectivity index (χ3n) is 3.69. The maximum Gasteiger partial charge on any atom is 0.243 e. The number of halogens is 2. The highest BCUT2D eigenvalue weighted by atomic mass is 35.5. The Morgan fingerprint density at radius 3 is 2.44 bits per heavy atom. The van der Waals surface area contributed by atoms with Gasteiger partial charge in [0.05, 0.1) is 0 Å². The van der Waals surface area contributed by atoms with Gasteiger partial charge in [-0.15, -0.1) is 0 Å². The third-order valence-corrected chi connectivity index (χ3v) is 4.25. The lowest BCUT2D eigenvalue weighted by atomic mass is 9.91. The van der Waals surface area contributed by atoms with Crippen molar-refractivity contribution in [2.24, 2.45) is 0 Å². The molecule has 2 rings (SSSR count). The lowest BCUT2D eigenvalue weighted by Gasteiger charge is -2.18. The Morgan fingerprint density at radius 2 is 1.80 bits per heavy atom. The Morgan fingerprint density at radius 1 is 1.08 bits per heavy atom. The third kappa shape index (κ3) is 5.74. The molecule has 132 valence electrons. The number of hydrogen-bond acceptors (Lipinski definition) is 3. The SMILES string of the molecule is Cc1cccc(NC(=O)CC(CC(=O)NO)c2ccc(Cl)cc2Cl)c1. The van der Waals surface area contributed by atoms with Crippen LogP contribution in [0.1, 0.15) is 29.9 Å². The lowest BCUT2D eigenvalue weighted by Crippen LogP contribution is -2.24. The van der Waals surface area contributed by atoms with E-state index in [4.69, 9.17) is 28.4 Å². The number of hydroxylamine groups is 1. The topological polar surface area (TPSA) is 78.4 Å². The Bertz CT molecular complexity index is 781. The van der Waals surface area contributed by atoms with Crippen LogP contribution in [0.2, 0.25) is 10.0 Å². The summed E-state index contributed by atoms with van der Waals surface area (Å²) < 4.78 is 0. The van der Waals surface area contributed by atoms with E-state index in [0.717, 1.165) is 5.56 Å². The molecule has 0 aliphatic rings. The molecule has 0 heterocycles. The number of rotatable bonds is 6. The van der Waals surface area contributed by atoms with Crippen LogP contribution >= 0.6 is 23.2 Å². The number of carbonyl (C=O) groups is 2. The summed E-state index contributed by atoms with van der Waals surface area (Å²) in [6.07, 6.45) is -0.0538. The smallest absolute Gasteiger partial charge is 0.243 e. The average Bonchev–Trinajstić information content (AvgIpc) is 2.54. The number of carbonyl (C=O) groups excluding carboxylic acids is 2. The number of amides is 2. The van der Waals surface area contributed by atoms with Crippen molar-refractivity contribution in [3.8, 4) is 0 Å². The van der Waals surface area contributed by atoms with Gasteiger partial charge in [-0.05, 0) is 42.3 Å². The van der Waals surface area contributed by atoms with E-state index in [2.05, 4.69) is 5.32 Å². The van der Waals surface area contributed by atoms with Crippen molar-refractivity contribution in [3.63, 3.8) is 0 Å². The fraction of sp³-hybridized carbons (Fsp3) is 0.222. The van der Waals surface area contributed by atoms with E-state index in [1.54, 1.807) is 29.7 Å². The second kappa shape index (κ2) is 8.85. The predicted molar refractivity (Wildman–Crippen MR) is 98.2 cm³/mol. The van der Waals surface area contributed by atoms with Crippen molar-refractivity contribution in [1.29, 1.82) is 0 Å². The van der Waals surface area contributed by atoms with E-state index in [9.17, 15) is 9.59 Å². The van der Waals surface area contributed by atoms with E-state index in [0.29, 0.717) is 21.3 Å².